The maximum atomic E-state index is 10.6. The predicted octanol–water partition coefficient (Wildman–Crippen LogP) is 0.0332. The molecular formula is C12H24N4O6. The third kappa shape index (κ3) is 9.55. The van der Waals surface area contributed by atoms with Gasteiger partial charge in [-0.25, -0.2) is 0 Å². The zero-order valence-electron chi connectivity index (χ0n) is 12.7. The van der Waals surface area contributed by atoms with Gasteiger partial charge in [0.05, 0.1) is 89.6 Å². The van der Waals surface area contributed by atoms with Crippen LogP contribution in [-0.2, 0) is 18.9 Å². The van der Waals surface area contributed by atoms with Crippen LogP contribution in [0.5, 0.6) is 0 Å². The van der Waals surface area contributed by atoms with Gasteiger partial charge in [0.1, 0.15) is 0 Å². The fourth-order valence-electron chi connectivity index (χ4n) is 1.71. The third-order valence-corrected chi connectivity index (χ3v) is 2.95. The summed E-state index contributed by atoms with van der Waals surface area (Å²) in [4.78, 5) is 21.2. The lowest BCUT2D eigenvalue weighted by molar-refractivity contribution is 0.00819. The first-order valence-electron chi connectivity index (χ1n) is 7.34. The van der Waals surface area contributed by atoms with Crippen LogP contribution in [0.15, 0.2) is 10.6 Å². The average Bonchev–Trinajstić information content (AvgIpc) is 2.54. The molecule has 1 heterocycles. The second kappa shape index (κ2) is 13.3. The lowest BCUT2D eigenvalue weighted by atomic mass is 10.5. The van der Waals surface area contributed by atoms with Gasteiger partial charge in [-0.05, 0) is 0 Å². The molecule has 0 bridgehead atoms. The van der Waals surface area contributed by atoms with Crippen molar-refractivity contribution in [3.8, 4) is 0 Å². The van der Waals surface area contributed by atoms with E-state index in [2.05, 4.69) is 10.6 Å². The quantitative estimate of drug-likeness (QED) is 0.657. The molecule has 10 nitrogen and oxygen atoms in total. The van der Waals surface area contributed by atoms with Crippen molar-refractivity contribution in [3.05, 3.63) is 9.81 Å². The van der Waals surface area contributed by atoms with E-state index in [1.165, 1.54) is 10.0 Å². The van der Waals surface area contributed by atoms with Crippen molar-refractivity contribution in [3.63, 3.8) is 0 Å². The molecule has 0 aromatic rings. The van der Waals surface area contributed by atoms with Crippen molar-refractivity contribution < 1.29 is 18.9 Å². The summed E-state index contributed by atoms with van der Waals surface area (Å²) >= 11 is 0. The number of rotatable bonds is 2. The number of hydrogen-bond donors (Lipinski definition) is 0. The van der Waals surface area contributed by atoms with Gasteiger partial charge in [0.25, 0.3) is 0 Å². The highest BCUT2D eigenvalue weighted by atomic mass is 16.5. The maximum absolute atomic E-state index is 10.6. The SMILES string of the molecule is O=NN1CCOCCOCCN(N=O)CCOCCOCC1. The van der Waals surface area contributed by atoms with E-state index in [4.69, 9.17) is 18.9 Å². The molecule has 0 N–H and O–H groups in total. The van der Waals surface area contributed by atoms with Gasteiger partial charge in [0, 0.05) is 0 Å². The Morgan fingerprint density at radius 3 is 1.00 bits per heavy atom. The summed E-state index contributed by atoms with van der Waals surface area (Å²) in [6.07, 6.45) is 0. The molecule has 0 radical (unpaired) electrons. The van der Waals surface area contributed by atoms with E-state index in [1.807, 2.05) is 0 Å². The van der Waals surface area contributed by atoms with Crippen LogP contribution in [0.2, 0.25) is 0 Å². The lowest BCUT2D eigenvalue weighted by Crippen LogP contribution is -2.28. The van der Waals surface area contributed by atoms with Gasteiger partial charge >= 0.3 is 0 Å². The summed E-state index contributed by atoms with van der Waals surface area (Å²) < 4.78 is 21.4. The molecule has 0 aromatic heterocycles. The maximum Gasteiger partial charge on any atom is 0.0701 e. The van der Waals surface area contributed by atoms with Crippen LogP contribution in [0.4, 0.5) is 0 Å². The third-order valence-electron chi connectivity index (χ3n) is 2.95. The standard InChI is InChI=1S/C12H24N4O6/c17-13-15-1-5-19-9-10-21-7-3-16(14-18)4-8-22-12-11-20-6-2-15/h1-12H2. The van der Waals surface area contributed by atoms with Gasteiger partial charge in [-0.1, -0.05) is 0 Å². The van der Waals surface area contributed by atoms with Gasteiger partial charge in [-0.2, -0.15) is 0 Å². The Hall–Kier alpha value is -1.36. The van der Waals surface area contributed by atoms with E-state index in [-0.39, 0.29) is 0 Å². The molecule has 0 atom stereocenters. The van der Waals surface area contributed by atoms with Crippen molar-refractivity contribution in [1.82, 2.24) is 10.0 Å². The van der Waals surface area contributed by atoms with Gasteiger partial charge in [0.15, 0.2) is 0 Å². The molecule has 1 aliphatic rings. The summed E-state index contributed by atoms with van der Waals surface area (Å²) in [5.41, 5.74) is 0. The number of ether oxygens (including phenoxy) is 4. The van der Waals surface area contributed by atoms with E-state index in [0.717, 1.165) is 0 Å². The predicted molar refractivity (Wildman–Crippen MR) is 78.0 cm³/mol. The van der Waals surface area contributed by atoms with E-state index in [9.17, 15) is 9.81 Å². The Morgan fingerprint density at radius 2 is 0.773 bits per heavy atom. The molecule has 0 unspecified atom stereocenters. The minimum Gasteiger partial charge on any atom is -0.377 e. The summed E-state index contributed by atoms with van der Waals surface area (Å²) in [7, 11) is 0. The molecule has 1 aliphatic heterocycles. The fourth-order valence-corrected chi connectivity index (χ4v) is 1.71. The minimum absolute atomic E-state index is 0.389. The van der Waals surface area contributed by atoms with E-state index in [1.54, 1.807) is 0 Å². The van der Waals surface area contributed by atoms with Crippen LogP contribution < -0.4 is 0 Å². The monoisotopic (exact) mass is 320 g/mol. The normalized spacial score (nSPS) is 21.6. The zero-order valence-corrected chi connectivity index (χ0v) is 12.7. The Morgan fingerprint density at radius 1 is 0.500 bits per heavy atom. The van der Waals surface area contributed by atoms with Gasteiger partial charge in [-0.3, -0.25) is 10.0 Å². The molecule has 0 amide bonds. The highest BCUT2D eigenvalue weighted by Crippen LogP contribution is 1.93. The molecule has 0 aliphatic carbocycles. The van der Waals surface area contributed by atoms with Crippen molar-refractivity contribution in [2.45, 2.75) is 0 Å². The molecule has 0 spiro atoms. The van der Waals surface area contributed by atoms with Crippen molar-refractivity contribution in [2.75, 3.05) is 79.0 Å². The highest BCUT2D eigenvalue weighted by Gasteiger charge is 2.05. The Balaban J connectivity index is 2.27. The van der Waals surface area contributed by atoms with Crippen LogP contribution in [-0.4, -0.2) is 89.1 Å². The summed E-state index contributed by atoms with van der Waals surface area (Å²) in [5.74, 6) is 0. The molecule has 128 valence electrons. The van der Waals surface area contributed by atoms with E-state index >= 15 is 0 Å². The highest BCUT2D eigenvalue weighted by molar-refractivity contribution is 4.52. The van der Waals surface area contributed by atoms with Crippen LogP contribution in [0.1, 0.15) is 0 Å². The first-order chi connectivity index (χ1) is 10.9. The van der Waals surface area contributed by atoms with Gasteiger partial charge in [0.2, 0.25) is 0 Å². The molecule has 0 aromatic carbocycles. The second-order valence-corrected chi connectivity index (χ2v) is 4.52. The van der Waals surface area contributed by atoms with E-state index in [0.29, 0.717) is 79.0 Å². The molecule has 10 heteroatoms. The van der Waals surface area contributed by atoms with Gasteiger partial charge < -0.3 is 18.9 Å². The van der Waals surface area contributed by atoms with Crippen molar-refractivity contribution in [2.24, 2.45) is 10.6 Å². The molecule has 1 fully saturated rings. The van der Waals surface area contributed by atoms with Crippen molar-refractivity contribution in [1.29, 1.82) is 0 Å². The number of nitroso groups, excluding NO2 is 2. The summed E-state index contributed by atoms with van der Waals surface area (Å²) in [6, 6.07) is 0. The molecule has 1 saturated heterocycles. The van der Waals surface area contributed by atoms with Crippen LogP contribution >= 0.6 is 0 Å². The summed E-state index contributed by atoms with van der Waals surface area (Å²) in [6.45, 7) is 4.86. The lowest BCUT2D eigenvalue weighted by Gasteiger charge is -2.17. The van der Waals surface area contributed by atoms with Crippen molar-refractivity contribution >= 4 is 0 Å². The fraction of sp³-hybridized carbons (Fsp3) is 1.00. The number of hydrogen-bond acceptors (Lipinski definition) is 8. The Bertz CT molecular complexity index is 249. The molecular weight excluding hydrogens is 296 g/mol. The molecule has 1 rings (SSSR count). The first-order valence-corrected chi connectivity index (χ1v) is 7.34. The van der Waals surface area contributed by atoms with Gasteiger partial charge in [-0.15, -0.1) is 9.81 Å². The molecule has 0 saturated carbocycles. The summed E-state index contributed by atoms with van der Waals surface area (Å²) in [5, 5.41) is 8.54. The average molecular weight is 320 g/mol. The van der Waals surface area contributed by atoms with E-state index < -0.39 is 0 Å². The zero-order chi connectivity index (χ0) is 15.9. The van der Waals surface area contributed by atoms with Crippen LogP contribution in [0.25, 0.3) is 0 Å². The Labute approximate surface area is 129 Å². The smallest absolute Gasteiger partial charge is 0.0701 e. The first kappa shape index (κ1) is 18.7. The van der Waals surface area contributed by atoms with Crippen LogP contribution in [0, 0.1) is 9.81 Å². The minimum atomic E-state index is 0.389. The second-order valence-electron chi connectivity index (χ2n) is 4.52. The Kier molecular flexibility index (Phi) is 11.3. The topological polar surface area (TPSA) is 102 Å². The van der Waals surface area contributed by atoms with Crippen LogP contribution in [0.3, 0.4) is 0 Å². The number of nitrogens with zero attached hydrogens (tertiary/aromatic N) is 4. The largest absolute Gasteiger partial charge is 0.377 e. The molecule has 22 heavy (non-hydrogen) atoms.